The summed E-state index contributed by atoms with van der Waals surface area (Å²) >= 11 is 0. The smallest absolute Gasteiger partial charge is 0.237 e. The Balaban J connectivity index is 3.67. The van der Waals surface area contributed by atoms with Crippen molar-refractivity contribution in [3.63, 3.8) is 0 Å². The monoisotopic (exact) mass is 266 g/mol. The standard InChI is InChI=1S/C8H18N4O2S2/c1-11-6(7(10)13)4-16-15-3-5(9)8(14)12-2/h5-6,11H,3-4,9H2,1-2H3,(H2,10,13)(H,12,14)/t5-,6?/m0/s1. The molecule has 1 unspecified atom stereocenters. The van der Waals surface area contributed by atoms with Crippen LogP contribution >= 0.6 is 21.6 Å². The molecule has 0 fully saturated rings. The van der Waals surface area contributed by atoms with Gasteiger partial charge in [0.1, 0.15) is 0 Å². The number of amides is 2. The third-order valence-electron chi connectivity index (χ3n) is 1.84. The van der Waals surface area contributed by atoms with Crippen molar-refractivity contribution in [1.29, 1.82) is 0 Å². The summed E-state index contributed by atoms with van der Waals surface area (Å²) in [6.45, 7) is 0. The van der Waals surface area contributed by atoms with E-state index in [2.05, 4.69) is 10.6 Å². The van der Waals surface area contributed by atoms with Gasteiger partial charge < -0.3 is 22.1 Å². The summed E-state index contributed by atoms with van der Waals surface area (Å²) < 4.78 is 0. The first-order valence-electron chi connectivity index (χ1n) is 4.71. The Kier molecular flexibility index (Phi) is 8.44. The highest BCUT2D eigenvalue weighted by Gasteiger charge is 2.14. The van der Waals surface area contributed by atoms with E-state index in [4.69, 9.17) is 11.5 Å². The minimum atomic E-state index is -0.524. The van der Waals surface area contributed by atoms with E-state index < -0.39 is 6.04 Å². The molecule has 16 heavy (non-hydrogen) atoms. The number of primary amides is 1. The second kappa shape index (κ2) is 8.68. The third-order valence-corrected chi connectivity index (χ3v) is 4.29. The second-order valence-electron chi connectivity index (χ2n) is 3.03. The topological polar surface area (TPSA) is 110 Å². The highest BCUT2D eigenvalue weighted by molar-refractivity contribution is 8.76. The van der Waals surface area contributed by atoms with Crippen molar-refractivity contribution in [2.45, 2.75) is 12.1 Å². The molecule has 94 valence electrons. The first-order chi connectivity index (χ1) is 7.52. The molecule has 0 aromatic rings. The van der Waals surface area contributed by atoms with E-state index in [1.165, 1.54) is 21.6 Å². The Labute approximate surface area is 103 Å². The maximum absolute atomic E-state index is 11.1. The number of rotatable bonds is 8. The maximum atomic E-state index is 11.1. The van der Waals surface area contributed by atoms with Gasteiger partial charge in [-0.1, -0.05) is 21.6 Å². The molecule has 0 bridgehead atoms. The van der Waals surface area contributed by atoms with Gasteiger partial charge in [0.2, 0.25) is 11.8 Å². The second-order valence-corrected chi connectivity index (χ2v) is 5.59. The number of hydrogen-bond acceptors (Lipinski definition) is 6. The van der Waals surface area contributed by atoms with Crippen LogP contribution in [0.15, 0.2) is 0 Å². The molecule has 6 nitrogen and oxygen atoms in total. The summed E-state index contributed by atoms with van der Waals surface area (Å²) in [7, 11) is 6.14. The quantitative estimate of drug-likeness (QED) is 0.315. The van der Waals surface area contributed by atoms with Crippen LogP contribution in [0.5, 0.6) is 0 Å². The molecule has 0 rings (SSSR count). The van der Waals surface area contributed by atoms with Gasteiger partial charge in [0.05, 0.1) is 12.1 Å². The molecule has 0 aromatic carbocycles. The molecule has 0 heterocycles. The average Bonchev–Trinajstić information content (AvgIpc) is 2.27. The lowest BCUT2D eigenvalue weighted by atomic mass is 10.3. The van der Waals surface area contributed by atoms with E-state index in [1.54, 1.807) is 14.1 Å². The van der Waals surface area contributed by atoms with E-state index in [-0.39, 0.29) is 17.9 Å². The third kappa shape index (κ3) is 6.21. The van der Waals surface area contributed by atoms with Crippen LogP contribution in [-0.2, 0) is 9.59 Å². The normalized spacial score (nSPS) is 14.2. The predicted octanol–water partition coefficient (Wildman–Crippen LogP) is -1.49. The summed E-state index contributed by atoms with van der Waals surface area (Å²) in [6, 6.07) is -0.877. The van der Waals surface area contributed by atoms with E-state index in [0.29, 0.717) is 11.5 Å². The van der Waals surface area contributed by atoms with Gasteiger partial charge in [0.15, 0.2) is 0 Å². The van der Waals surface area contributed by atoms with Gasteiger partial charge in [-0.15, -0.1) is 0 Å². The minimum Gasteiger partial charge on any atom is -0.368 e. The molecule has 0 aromatic heterocycles. The maximum Gasteiger partial charge on any atom is 0.237 e. The number of carbonyl (C=O) groups excluding carboxylic acids is 2. The van der Waals surface area contributed by atoms with Gasteiger partial charge >= 0.3 is 0 Å². The Hall–Kier alpha value is -0.440. The Morgan fingerprint density at radius 2 is 1.81 bits per heavy atom. The van der Waals surface area contributed by atoms with Crippen LogP contribution in [0.25, 0.3) is 0 Å². The Morgan fingerprint density at radius 3 is 2.25 bits per heavy atom. The lowest BCUT2D eigenvalue weighted by Gasteiger charge is -2.12. The van der Waals surface area contributed by atoms with E-state index in [9.17, 15) is 9.59 Å². The van der Waals surface area contributed by atoms with Gasteiger partial charge in [-0.2, -0.15) is 0 Å². The molecule has 0 spiro atoms. The average molecular weight is 266 g/mol. The molecule has 0 aliphatic heterocycles. The summed E-state index contributed by atoms with van der Waals surface area (Å²) in [5, 5.41) is 5.28. The van der Waals surface area contributed by atoms with Crippen LogP contribution < -0.4 is 22.1 Å². The first-order valence-corrected chi connectivity index (χ1v) is 7.19. The lowest BCUT2D eigenvalue weighted by Crippen LogP contribution is -2.41. The molecule has 2 atom stereocenters. The van der Waals surface area contributed by atoms with E-state index >= 15 is 0 Å². The molecule has 0 aliphatic carbocycles. The van der Waals surface area contributed by atoms with Crippen molar-refractivity contribution in [1.82, 2.24) is 10.6 Å². The van der Waals surface area contributed by atoms with Gasteiger partial charge in [-0.05, 0) is 7.05 Å². The predicted molar refractivity (Wildman–Crippen MR) is 69.0 cm³/mol. The van der Waals surface area contributed by atoms with Crippen LogP contribution in [0.4, 0.5) is 0 Å². The van der Waals surface area contributed by atoms with Crippen LogP contribution in [0.1, 0.15) is 0 Å². The molecule has 0 saturated heterocycles. The van der Waals surface area contributed by atoms with Crippen LogP contribution in [-0.4, -0.2) is 49.5 Å². The number of hydrogen-bond donors (Lipinski definition) is 4. The fraction of sp³-hybridized carbons (Fsp3) is 0.750. The largest absolute Gasteiger partial charge is 0.368 e. The molecule has 6 N–H and O–H groups in total. The van der Waals surface area contributed by atoms with Crippen molar-refractivity contribution in [3.8, 4) is 0 Å². The van der Waals surface area contributed by atoms with Crippen molar-refractivity contribution in [2.24, 2.45) is 11.5 Å². The zero-order chi connectivity index (χ0) is 12.6. The first kappa shape index (κ1) is 15.6. The lowest BCUT2D eigenvalue weighted by molar-refractivity contribution is -0.121. The zero-order valence-electron chi connectivity index (χ0n) is 9.36. The number of nitrogens with one attached hydrogen (secondary N) is 2. The Morgan fingerprint density at radius 1 is 1.25 bits per heavy atom. The molecular weight excluding hydrogens is 248 g/mol. The van der Waals surface area contributed by atoms with Crippen molar-refractivity contribution >= 4 is 33.4 Å². The van der Waals surface area contributed by atoms with Crippen molar-refractivity contribution < 1.29 is 9.59 Å². The summed E-state index contributed by atoms with van der Waals surface area (Å²) in [5.41, 5.74) is 10.7. The SMILES string of the molecule is CNC(=O)[C@@H](N)CSSCC(NC)C(N)=O. The van der Waals surface area contributed by atoms with Crippen LogP contribution in [0, 0.1) is 0 Å². The molecule has 0 radical (unpaired) electrons. The van der Waals surface area contributed by atoms with E-state index in [0.717, 1.165) is 0 Å². The number of carbonyl (C=O) groups is 2. The van der Waals surface area contributed by atoms with Gasteiger partial charge in [-0.25, -0.2) is 0 Å². The zero-order valence-corrected chi connectivity index (χ0v) is 11.0. The Bertz CT molecular complexity index is 240. The molecule has 0 saturated carbocycles. The minimum absolute atomic E-state index is 0.187. The summed E-state index contributed by atoms with van der Waals surface area (Å²) in [4.78, 5) is 21.9. The fourth-order valence-electron chi connectivity index (χ4n) is 0.806. The molecule has 2 amide bonds. The molecule has 0 aliphatic rings. The van der Waals surface area contributed by atoms with Gasteiger partial charge in [0.25, 0.3) is 0 Å². The highest BCUT2D eigenvalue weighted by Crippen LogP contribution is 2.22. The molecular formula is C8H18N4O2S2. The molecule has 8 heteroatoms. The van der Waals surface area contributed by atoms with Crippen LogP contribution in [0.2, 0.25) is 0 Å². The fourth-order valence-corrected chi connectivity index (χ4v) is 3.19. The van der Waals surface area contributed by atoms with E-state index in [1.807, 2.05) is 0 Å². The summed E-state index contributed by atoms with van der Waals surface area (Å²) in [5.74, 6) is 0.482. The van der Waals surface area contributed by atoms with Gasteiger partial charge in [-0.3, -0.25) is 9.59 Å². The van der Waals surface area contributed by atoms with Gasteiger partial charge in [0, 0.05) is 18.6 Å². The summed E-state index contributed by atoms with van der Waals surface area (Å²) in [6.07, 6.45) is 0. The van der Waals surface area contributed by atoms with Crippen LogP contribution in [0.3, 0.4) is 0 Å². The highest BCUT2D eigenvalue weighted by atomic mass is 33.1. The van der Waals surface area contributed by atoms with Crippen molar-refractivity contribution in [3.05, 3.63) is 0 Å². The number of likely N-dealkylation sites (N-methyl/N-ethyl adjacent to an activating group) is 2. The number of nitrogens with two attached hydrogens (primary N) is 2. The van der Waals surface area contributed by atoms with Crippen molar-refractivity contribution in [2.75, 3.05) is 25.6 Å².